The van der Waals surface area contributed by atoms with E-state index in [0.29, 0.717) is 38.3 Å². The third-order valence-electron chi connectivity index (χ3n) is 4.79. The van der Waals surface area contributed by atoms with Crippen molar-refractivity contribution < 1.29 is 28.2 Å². The summed E-state index contributed by atoms with van der Waals surface area (Å²) in [6.45, 7) is 8.67. The molecule has 0 radical (unpaired) electrons. The molecule has 0 aliphatic heterocycles. The van der Waals surface area contributed by atoms with Crippen molar-refractivity contribution in [3.63, 3.8) is 0 Å². The summed E-state index contributed by atoms with van der Waals surface area (Å²) in [6.07, 6.45) is 2.59. The SMILES string of the molecule is C=CC(=O)N[C@H]1CC[C@H](OC(=O)NCCOCCOc2cc(F)ccc2C(C)C)C1. The van der Waals surface area contributed by atoms with Crippen LogP contribution in [0.15, 0.2) is 30.9 Å². The minimum absolute atomic E-state index is 0.00550. The fourth-order valence-corrected chi connectivity index (χ4v) is 3.28. The molecule has 0 aromatic heterocycles. The Morgan fingerprint density at radius 3 is 2.80 bits per heavy atom. The van der Waals surface area contributed by atoms with E-state index in [0.717, 1.165) is 12.0 Å². The quantitative estimate of drug-likeness (QED) is 0.422. The number of carbonyl (C=O) groups is 2. The Balaban J connectivity index is 1.55. The lowest BCUT2D eigenvalue weighted by Gasteiger charge is -2.15. The Hall–Kier alpha value is -2.61. The van der Waals surface area contributed by atoms with Crippen LogP contribution in [0.4, 0.5) is 9.18 Å². The third-order valence-corrected chi connectivity index (χ3v) is 4.79. The molecular formula is C22H31FN2O5. The van der Waals surface area contributed by atoms with Gasteiger partial charge in [0.25, 0.3) is 0 Å². The van der Waals surface area contributed by atoms with Crippen molar-refractivity contribution in [2.75, 3.05) is 26.4 Å². The zero-order valence-corrected chi connectivity index (χ0v) is 17.6. The molecule has 7 nitrogen and oxygen atoms in total. The summed E-state index contributed by atoms with van der Waals surface area (Å²) in [7, 11) is 0. The van der Waals surface area contributed by atoms with E-state index in [1.54, 1.807) is 6.07 Å². The zero-order valence-electron chi connectivity index (χ0n) is 17.6. The number of carbonyl (C=O) groups excluding carboxylic acids is 2. The van der Waals surface area contributed by atoms with E-state index in [1.165, 1.54) is 18.2 Å². The Labute approximate surface area is 177 Å². The Morgan fingerprint density at radius 2 is 2.07 bits per heavy atom. The van der Waals surface area contributed by atoms with Crippen molar-refractivity contribution in [1.82, 2.24) is 10.6 Å². The summed E-state index contributed by atoms with van der Waals surface area (Å²) in [4.78, 5) is 23.1. The van der Waals surface area contributed by atoms with Gasteiger partial charge in [-0.1, -0.05) is 26.5 Å². The molecule has 1 saturated carbocycles. The van der Waals surface area contributed by atoms with E-state index in [4.69, 9.17) is 14.2 Å². The first-order valence-corrected chi connectivity index (χ1v) is 10.3. The molecule has 2 N–H and O–H groups in total. The van der Waals surface area contributed by atoms with Crippen LogP contribution in [0.25, 0.3) is 0 Å². The van der Waals surface area contributed by atoms with Crippen molar-refractivity contribution in [3.8, 4) is 5.75 Å². The molecular weight excluding hydrogens is 391 g/mol. The van der Waals surface area contributed by atoms with Gasteiger partial charge in [0.1, 0.15) is 24.3 Å². The van der Waals surface area contributed by atoms with Crippen LogP contribution in [0, 0.1) is 5.82 Å². The lowest BCUT2D eigenvalue weighted by Crippen LogP contribution is -2.34. The standard InChI is InChI=1S/C22H31FN2O5/c1-4-21(26)25-17-6-7-18(14-17)30-22(27)24-9-10-28-11-12-29-20-13-16(23)5-8-19(20)15(2)3/h4-5,8,13,15,17-18H,1,6-7,9-12,14H2,2-3H3,(H,24,27)(H,25,26)/t17-,18-/m0/s1. The number of hydrogen-bond acceptors (Lipinski definition) is 5. The number of hydrogen-bond donors (Lipinski definition) is 2. The topological polar surface area (TPSA) is 85.9 Å². The average molecular weight is 422 g/mol. The summed E-state index contributed by atoms with van der Waals surface area (Å²) < 4.78 is 29.8. The number of benzene rings is 1. The number of ether oxygens (including phenoxy) is 3. The van der Waals surface area contributed by atoms with Gasteiger partial charge >= 0.3 is 6.09 Å². The maximum Gasteiger partial charge on any atom is 0.407 e. The van der Waals surface area contributed by atoms with Crippen molar-refractivity contribution in [1.29, 1.82) is 0 Å². The van der Waals surface area contributed by atoms with E-state index < -0.39 is 6.09 Å². The predicted octanol–water partition coefficient (Wildman–Crippen LogP) is 3.29. The highest BCUT2D eigenvalue weighted by Gasteiger charge is 2.28. The van der Waals surface area contributed by atoms with Gasteiger partial charge in [0.15, 0.2) is 0 Å². The molecule has 1 aromatic carbocycles. The fraction of sp³-hybridized carbons (Fsp3) is 0.545. The molecule has 166 valence electrons. The van der Waals surface area contributed by atoms with Crippen molar-refractivity contribution in [2.45, 2.75) is 51.2 Å². The first kappa shape index (κ1) is 23.7. The highest BCUT2D eigenvalue weighted by atomic mass is 19.1. The Kier molecular flexibility index (Phi) is 9.60. The van der Waals surface area contributed by atoms with Gasteiger partial charge < -0.3 is 24.8 Å². The van der Waals surface area contributed by atoms with E-state index >= 15 is 0 Å². The number of rotatable bonds is 11. The Morgan fingerprint density at radius 1 is 1.27 bits per heavy atom. The first-order valence-electron chi connectivity index (χ1n) is 10.3. The minimum Gasteiger partial charge on any atom is -0.491 e. The molecule has 0 saturated heterocycles. The van der Waals surface area contributed by atoms with Gasteiger partial charge in [0, 0.05) is 25.1 Å². The number of alkyl carbamates (subject to hydrolysis) is 1. The molecule has 2 rings (SSSR count). The first-order chi connectivity index (χ1) is 14.4. The minimum atomic E-state index is -0.503. The smallest absolute Gasteiger partial charge is 0.407 e. The maximum absolute atomic E-state index is 13.4. The van der Waals surface area contributed by atoms with Crippen LogP contribution in [0.5, 0.6) is 5.75 Å². The van der Waals surface area contributed by atoms with Gasteiger partial charge in [-0.05, 0) is 36.5 Å². The number of amides is 2. The molecule has 0 unspecified atom stereocenters. The lowest BCUT2D eigenvalue weighted by atomic mass is 10.0. The lowest BCUT2D eigenvalue weighted by molar-refractivity contribution is -0.117. The van der Waals surface area contributed by atoms with Gasteiger partial charge in [-0.15, -0.1) is 0 Å². The number of halogens is 1. The highest BCUT2D eigenvalue weighted by molar-refractivity contribution is 5.87. The molecule has 1 aliphatic carbocycles. The molecule has 0 heterocycles. The van der Waals surface area contributed by atoms with Gasteiger partial charge in [-0.2, -0.15) is 0 Å². The highest BCUT2D eigenvalue weighted by Crippen LogP contribution is 2.27. The van der Waals surface area contributed by atoms with Crippen molar-refractivity contribution in [3.05, 3.63) is 42.2 Å². The van der Waals surface area contributed by atoms with E-state index in [-0.39, 0.29) is 36.4 Å². The average Bonchev–Trinajstić information content (AvgIpc) is 3.13. The second kappa shape index (κ2) is 12.2. The molecule has 2 atom stereocenters. The predicted molar refractivity (Wildman–Crippen MR) is 111 cm³/mol. The largest absolute Gasteiger partial charge is 0.491 e. The molecule has 1 fully saturated rings. The molecule has 0 spiro atoms. The third kappa shape index (κ3) is 8.02. The van der Waals surface area contributed by atoms with Gasteiger partial charge in [-0.3, -0.25) is 4.79 Å². The molecule has 0 bridgehead atoms. The molecule has 2 amide bonds. The van der Waals surface area contributed by atoms with Crippen LogP contribution in [-0.2, 0) is 14.3 Å². The normalized spacial score (nSPS) is 18.1. The van der Waals surface area contributed by atoms with Gasteiger partial charge in [-0.25, -0.2) is 9.18 Å². The summed E-state index contributed by atoms with van der Waals surface area (Å²) in [5.41, 5.74) is 0.944. The molecule has 8 heteroatoms. The van der Waals surface area contributed by atoms with Crippen LogP contribution >= 0.6 is 0 Å². The summed E-state index contributed by atoms with van der Waals surface area (Å²) >= 11 is 0. The van der Waals surface area contributed by atoms with Crippen LogP contribution in [-0.4, -0.2) is 50.5 Å². The number of nitrogens with one attached hydrogen (secondary N) is 2. The molecule has 30 heavy (non-hydrogen) atoms. The fourth-order valence-electron chi connectivity index (χ4n) is 3.28. The van der Waals surface area contributed by atoms with Gasteiger partial charge in [0.2, 0.25) is 5.91 Å². The van der Waals surface area contributed by atoms with Crippen LogP contribution < -0.4 is 15.4 Å². The van der Waals surface area contributed by atoms with Crippen LogP contribution in [0.2, 0.25) is 0 Å². The van der Waals surface area contributed by atoms with Crippen LogP contribution in [0.3, 0.4) is 0 Å². The Bertz CT molecular complexity index is 725. The summed E-state index contributed by atoms with van der Waals surface area (Å²) in [5, 5.41) is 5.44. The van der Waals surface area contributed by atoms with E-state index in [1.807, 2.05) is 13.8 Å². The second-order valence-corrected chi connectivity index (χ2v) is 7.47. The van der Waals surface area contributed by atoms with E-state index in [2.05, 4.69) is 17.2 Å². The summed E-state index contributed by atoms with van der Waals surface area (Å²) in [6, 6.07) is 4.53. The second-order valence-electron chi connectivity index (χ2n) is 7.47. The van der Waals surface area contributed by atoms with Gasteiger partial charge in [0.05, 0.1) is 13.2 Å². The summed E-state index contributed by atoms with van der Waals surface area (Å²) in [5.74, 6) is 0.193. The molecule has 1 aromatic rings. The molecule has 1 aliphatic rings. The van der Waals surface area contributed by atoms with Crippen molar-refractivity contribution >= 4 is 12.0 Å². The maximum atomic E-state index is 13.4. The zero-order chi connectivity index (χ0) is 21.9. The van der Waals surface area contributed by atoms with E-state index in [9.17, 15) is 14.0 Å². The monoisotopic (exact) mass is 422 g/mol. The van der Waals surface area contributed by atoms with Crippen molar-refractivity contribution in [2.24, 2.45) is 0 Å². The van der Waals surface area contributed by atoms with Crippen LogP contribution in [0.1, 0.15) is 44.6 Å².